The van der Waals surface area contributed by atoms with Crippen LogP contribution in [-0.4, -0.2) is 79.8 Å². The Morgan fingerprint density at radius 2 is 2.00 bits per heavy atom. The van der Waals surface area contributed by atoms with Gasteiger partial charge in [-0.15, -0.1) is 0 Å². The van der Waals surface area contributed by atoms with Gasteiger partial charge in [0.15, 0.2) is 0 Å². The molecule has 0 aliphatic carbocycles. The molecule has 2 amide bonds. The van der Waals surface area contributed by atoms with Gasteiger partial charge < -0.3 is 15.0 Å². The molecule has 3 aromatic rings. The molecule has 1 aromatic carbocycles. The van der Waals surface area contributed by atoms with E-state index in [9.17, 15) is 18.0 Å². The topological polar surface area (TPSA) is 156 Å². The van der Waals surface area contributed by atoms with E-state index in [4.69, 9.17) is 4.74 Å². The molecule has 0 atom stereocenters. The number of carbonyl (C=O) groups is 2. The number of anilines is 1. The van der Waals surface area contributed by atoms with Crippen molar-refractivity contribution >= 4 is 55.7 Å². The molecule has 0 radical (unpaired) electrons. The number of imide groups is 1. The van der Waals surface area contributed by atoms with Crippen LogP contribution >= 0.6 is 11.8 Å². The molecule has 3 N–H and O–H groups in total. The number of pyridine rings is 1. The van der Waals surface area contributed by atoms with Gasteiger partial charge in [-0.2, -0.15) is 4.98 Å². The summed E-state index contributed by atoms with van der Waals surface area (Å²) in [6.45, 7) is 1.26. The van der Waals surface area contributed by atoms with E-state index < -0.39 is 21.2 Å². The summed E-state index contributed by atoms with van der Waals surface area (Å²) >= 11 is 0.777. The molecule has 4 rings (SSSR count). The summed E-state index contributed by atoms with van der Waals surface area (Å²) in [6.07, 6.45) is 4.62. The van der Waals surface area contributed by atoms with Gasteiger partial charge in [0.25, 0.3) is 11.1 Å². The highest BCUT2D eigenvalue weighted by Crippen LogP contribution is 2.26. The van der Waals surface area contributed by atoms with Crippen LogP contribution in [0.3, 0.4) is 0 Å². The second kappa shape index (κ2) is 11.6. The van der Waals surface area contributed by atoms with Crippen LogP contribution in [-0.2, 0) is 14.8 Å². The molecule has 1 saturated heterocycles. The highest BCUT2D eigenvalue weighted by Gasteiger charge is 2.25. The number of ether oxygens (including phenoxy) is 1. The first-order chi connectivity index (χ1) is 17.7. The first kappa shape index (κ1) is 26.5. The van der Waals surface area contributed by atoms with Crippen LogP contribution < -0.4 is 20.1 Å². The quantitative estimate of drug-likeness (QED) is 0.239. The minimum atomic E-state index is -3.78. The van der Waals surface area contributed by atoms with Crippen LogP contribution in [0.2, 0.25) is 0 Å². The molecule has 194 valence electrons. The highest BCUT2D eigenvalue weighted by atomic mass is 32.2. The minimum Gasteiger partial charge on any atom is -0.476 e. The summed E-state index contributed by atoms with van der Waals surface area (Å²) in [4.78, 5) is 38.4. The SMILES string of the molecule is CN(C)CCOc1cc(C=C2SC(=O)NC2=O)nc(NCCNS(=O)(=O)c2cccc3cnccc23)n1. The van der Waals surface area contributed by atoms with Crippen molar-refractivity contribution < 1.29 is 22.7 Å². The average Bonchev–Trinajstić information content (AvgIpc) is 3.17. The van der Waals surface area contributed by atoms with Crippen LogP contribution in [0.15, 0.2) is 52.5 Å². The number of aromatic nitrogens is 3. The molecule has 1 aliphatic heterocycles. The van der Waals surface area contributed by atoms with Crippen molar-refractivity contribution in [3.63, 3.8) is 0 Å². The van der Waals surface area contributed by atoms with Crippen molar-refractivity contribution in [3.8, 4) is 5.88 Å². The number of fused-ring (bicyclic) bond motifs is 1. The lowest BCUT2D eigenvalue weighted by Crippen LogP contribution is -2.29. The molecular formula is C23H25N7O5S2. The summed E-state index contributed by atoms with van der Waals surface area (Å²) in [5, 5.41) is 6.02. The van der Waals surface area contributed by atoms with Gasteiger partial charge in [-0.3, -0.25) is 19.9 Å². The Bertz CT molecular complexity index is 1460. The Kier molecular flexibility index (Phi) is 8.33. The second-order valence-electron chi connectivity index (χ2n) is 8.14. The number of rotatable bonds is 11. The van der Waals surface area contributed by atoms with Crippen LogP contribution in [0.1, 0.15) is 5.69 Å². The van der Waals surface area contributed by atoms with E-state index in [0.717, 1.165) is 17.1 Å². The number of benzene rings is 1. The molecule has 14 heteroatoms. The third-order valence-electron chi connectivity index (χ3n) is 5.06. The van der Waals surface area contributed by atoms with E-state index in [1.807, 2.05) is 19.0 Å². The van der Waals surface area contributed by atoms with Gasteiger partial charge in [0.2, 0.25) is 21.9 Å². The van der Waals surface area contributed by atoms with Crippen molar-refractivity contribution in [3.05, 3.63) is 53.3 Å². The smallest absolute Gasteiger partial charge is 0.290 e. The Morgan fingerprint density at radius 3 is 2.76 bits per heavy atom. The number of sulfonamides is 1. The zero-order chi connectivity index (χ0) is 26.4. The van der Waals surface area contributed by atoms with Crippen LogP contribution in [0, 0.1) is 0 Å². The van der Waals surface area contributed by atoms with Gasteiger partial charge in [-0.1, -0.05) is 12.1 Å². The Hall–Kier alpha value is -3.59. The first-order valence-electron chi connectivity index (χ1n) is 11.2. The van der Waals surface area contributed by atoms with Gasteiger partial charge in [0.1, 0.15) is 6.61 Å². The minimum absolute atomic E-state index is 0.0576. The maximum absolute atomic E-state index is 12.9. The van der Waals surface area contributed by atoms with Gasteiger partial charge in [-0.05, 0) is 44.1 Å². The number of hydrogen-bond acceptors (Lipinski definition) is 11. The van der Waals surface area contributed by atoms with E-state index in [1.54, 1.807) is 36.7 Å². The average molecular weight is 544 g/mol. The van der Waals surface area contributed by atoms with E-state index in [-0.39, 0.29) is 34.7 Å². The Morgan fingerprint density at radius 1 is 1.16 bits per heavy atom. The molecule has 12 nitrogen and oxygen atoms in total. The monoisotopic (exact) mass is 543 g/mol. The lowest BCUT2D eigenvalue weighted by atomic mass is 10.2. The molecule has 0 bridgehead atoms. The molecule has 0 spiro atoms. The van der Waals surface area contributed by atoms with Crippen molar-refractivity contribution in [2.24, 2.45) is 0 Å². The maximum Gasteiger partial charge on any atom is 0.290 e. The molecule has 0 saturated carbocycles. The van der Waals surface area contributed by atoms with Crippen LogP contribution in [0.25, 0.3) is 16.8 Å². The predicted octanol–water partition coefficient (Wildman–Crippen LogP) is 1.68. The van der Waals surface area contributed by atoms with Crippen molar-refractivity contribution in [1.29, 1.82) is 0 Å². The van der Waals surface area contributed by atoms with Crippen molar-refractivity contribution in [2.45, 2.75) is 4.90 Å². The fraction of sp³-hybridized carbons (Fsp3) is 0.261. The number of nitrogens with zero attached hydrogens (tertiary/aromatic N) is 4. The van der Waals surface area contributed by atoms with E-state index in [0.29, 0.717) is 24.2 Å². The Balaban J connectivity index is 1.45. The molecule has 2 aromatic heterocycles. The molecule has 1 fully saturated rings. The molecule has 3 heterocycles. The van der Waals surface area contributed by atoms with Crippen LogP contribution in [0.4, 0.5) is 10.7 Å². The summed E-state index contributed by atoms with van der Waals surface area (Å²) in [5.74, 6) is -0.0536. The van der Waals surface area contributed by atoms with Gasteiger partial charge in [0, 0.05) is 48.9 Å². The standard InChI is InChI=1S/C23H25N7O5S2/c1-30(2)10-11-35-20-13-16(12-18-21(31)29-23(32)36-18)27-22(28-20)25-8-9-26-37(33,34)19-5-3-4-15-14-24-7-6-17(15)19/h3-7,12-14,26H,8-11H2,1-2H3,(H,25,27,28)(H,29,31,32). The third-order valence-corrected chi connectivity index (χ3v) is 7.39. The number of likely N-dealkylation sites (N-methyl/N-ethyl adjacent to an activating group) is 1. The van der Waals surface area contributed by atoms with Crippen molar-refractivity contribution in [1.82, 2.24) is 29.9 Å². The maximum atomic E-state index is 12.9. The highest BCUT2D eigenvalue weighted by molar-refractivity contribution is 8.18. The zero-order valence-corrected chi connectivity index (χ0v) is 21.7. The number of nitrogens with one attached hydrogen (secondary N) is 3. The summed E-state index contributed by atoms with van der Waals surface area (Å²) in [7, 11) is 0.0425. The zero-order valence-electron chi connectivity index (χ0n) is 20.1. The van der Waals surface area contributed by atoms with E-state index in [1.165, 1.54) is 12.1 Å². The fourth-order valence-electron chi connectivity index (χ4n) is 3.32. The number of amides is 2. The number of carbonyl (C=O) groups excluding carboxylic acids is 2. The van der Waals surface area contributed by atoms with Crippen LogP contribution in [0.5, 0.6) is 5.88 Å². The molecule has 37 heavy (non-hydrogen) atoms. The third kappa shape index (κ3) is 7.01. The normalized spacial score (nSPS) is 14.9. The second-order valence-corrected chi connectivity index (χ2v) is 10.9. The van der Waals surface area contributed by atoms with Crippen molar-refractivity contribution in [2.75, 3.05) is 45.7 Å². The summed E-state index contributed by atoms with van der Waals surface area (Å²) in [5.41, 5.74) is 0.356. The van der Waals surface area contributed by atoms with E-state index in [2.05, 4.69) is 30.3 Å². The first-order valence-corrected chi connectivity index (χ1v) is 13.5. The lowest BCUT2D eigenvalue weighted by Gasteiger charge is -2.13. The fourth-order valence-corrected chi connectivity index (χ4v) is 5.25. The van der Waals surface area contributed by atoms with E-state index >= 15 is 0 Å². The predicted molar refractivity (Wildman–Crippen MR) is 141 cm³/mol. The summed E-state index contributed by atoms with van der Waals surface area (Å²) < 4.78 is 34.1. The molecule has 1 aliphatic rings. The van der Waals surface area contributed by atoms with Gasteiger partial charge in [0.05, 0.1) is 15.5 Å². The lowest BCUT2D eigenvalue weighted by molar-refractivity contribution is -0.115. The van der Waals surface area contributed by atoms with Gasteiger partial charge in [-0.25, -0.2) is 18.1 Å². The number of hydrogen-bond donors (Lipinski definition) is 3. The largest absolute Gasteiger partial charge is 0.476 e. The summed E-state index contributed by atoms with van der Waals surface area (Å²) in [6, 6.07) is 8.22. The molecular weight excluding hydrogens is 518 g/mol. The van der Waals surface area contributed by atoms with Gasteiger partial charge >= 0.3 is 0 Å². The Labute approximate surface area is 218 Å². The number of thioether (sulfide) groups is 1. The molecule has 0 unspecified atom stereocenters.